The fourth-order valence-corrected chi connectivity index (χ4v) is 3.95. The monoisotopic (exact) mass is 545 g/mol. The van der Waals surface area contributed by atoms with E-state index in [1.165, 1.54) is 37.1 Å². The first-order valence-corrected chi connectivity index (χ1v) is 12.1. The molecule has 3 heterocycles. The van der Waals surface area contributed by atoms with Crippen molar-refractivity contribution in [3.8, 4) is 6.07 Å². The van der Waals surface area contributed by atoms with Gasteiger partial charge in [0.1, 0.15) is 30.3 Å². The number of rotatable bonds is 11. The number of nitrogens with one attached hydrogen (secondary N) is 2. The molecule has 0 unspecified atom stereocenters. The van der Waals surface area contributed by atoms with E-state index in [-0.39, 0.29) is 30.4 Å². The van der Waals surface area contributed by atoms with E-state index in [0.717, 1.165) is 0 Å². The summed E-state index contributed by atoms with van der Waals surface area (Å²) in [5.41, 5.74) is 1.59. The zero-order valence-corrected chi connectivity index (χ0v) is 21.8. The van der Waals surface area contributed by atoms with Crippen LogP contribution >= 0.6 is 0 Å². The Morgan fingerprint density at radius 2 is 2.00 bits per heavy atom. The summed E-state index contributed by atoms with van der Waals surface area (Å²) in [4.78, 5) is 40.1. The van der Waals surface area contributed by atoms with Crippen LogP contribution in [-0.2, 0) is 17.9 Å². The number of pyridine rings is 1. The molecular weight excluding hydrogens is 519 g/mol. The van der Waals surface area contributed by atoms with Gasteiger partial charge >= 0.3 is 5.82 Å². The number of aromatic nitrogens is 5. The van der Waals surface area contributed by atoms with Crippen LogP contribution in [0.5, 0.6) is 0 Å². The number of nitrogens with zero attached hydrogens (tertiary/aromatic N) is 8. The molecule has 1 aromatic carbocycles. The topological polar surface area (TPSA) is 165 Å². The van der Waals surface area contributed by atoms with E-state index in [1.807, 2.05) is 20.2 Å². The number of amides is 1. The number of likely N-dealkylation sites (N-methyl/N-ethyl adjacent to an activating group) is 1. The quantitative estimate of drug-likeness (QED) is 0.124. The highest BCUT2D eigenvalue weighted by atomic mass is 19.1. The third-order valence-corrected chi connectivity index (χ3v) is 5.89. The summed E-state index contributed by atoms with van der Waals surface area (Å²) in [6.07, 6.45) is 7.49. The number of carbonyl (C=O) groups excluding carboxylic acids is 1. The number of quaternary nitrogens is 1. The predicted octanol–water partition coefficient (Wildman–Crippen LogP) is 3.70. The van der Waals surface area contributed by atoms with Crippen LogP contribution in [0.25, 0.3) is 10.9 Å². The van der Waals surface area contributed by atoms with E-state index in [1.54, 1.807) is 28.8 Å². The van der Waals surface area contributed by atoms with Crippen molar-refractivity contribution in [2.24, 2.45) is 0 Å². The molecule has 40 heavy (non-hydrogen) atoms. The second-order valence-corrected chi connectivity index (χ2v) is 9.48. The summed E-state index contributed by atoms with van der Waals surface area (Å²) >= 11 is 0. The zero-order valence-electron chi connectivity index (χ0n) is 21.8. The van der Waals surface area contributed by atoms with Crippen molar-refractivity contribution in [1.82, 2.24) is 24.5 Å². The highest BCUT2D eigenvalue weighted by molar-refractivity contribution is 6.00. The van der Waals surface area contributed by atoms with Gasteiger partial charge in [0, 0.05) is 23.7 Å². The minimum atomic E-state index is -0.538. The van der Waals surface area contributed by atoms with Gasteiger partial charge in [-0.2, -0.15) is 5.26 Å². The molecule has 3 aromatic heterocycles. The molecule has 0 atom stereocenters. The molecule has 0 radical (unpaired) electrons. The molecule has 4 rings (SSSR count). The van der Waals surface area contributed by atoms with Crippen molar-refractivity contribution in [2.75, 3.05) is 31.3 Å². The second kappa shape index (κ2) is 12.0. The number of aryl methyl sites for hydroxylation is 1. The number of hydrogen-bond acceptors (Lipinski definition) is 9. The van der Waals surface area contributed by atoms with Crippen LogP contribution in [0.4, 0.5) is 27.5 Å². The molecule has 0 saturated carbocycles. The lowest BCUT2D eigenvalue weighted by molar-refractivity contribution is -0.898. The Balaban J connectivity index is 1.42. The molecule has 0 fully saturated rings. The van der Waals surface area contributed by atoms with Gasteiger partial charge in [-0.15, -0.1) is 0 Å². The Kier molecular flexibility index (Phi) is 8.36. The lowest BCUT2D eigenvalue weighted by Gasteiger charge is -2.28. The van der Waals surface area contributed by atoms with E-state index < -0.39 is 10.8 Å². The molecule has 0 aliphatic rings. The molecule has 0 aliphatic carbocycles. The fraction of sp³-hybridized carbons (Fsp3) is 0.231. The molecule has 13 nitrogen and oxygen atoms in total. The van der Waals surface area contributed by atoms with Gasteiger partial charge in [0.2, 0.25) is 12.2 Å². The van der Waals surface area contributed by atoms with Gasteiger partial charge in [-0.3, -0.25) is 4.79 Å². The number of benzene rings is 1. The SMILES string of the molecule is C[N+](C)(C/C=C/C(=O)Nc1cc2c(Nc3ccc(F)cc3)ncnc2cn1)Cc1c([N+](=O)[O-])ncn1CCC#N. The van der Waals surface area contributed by atoms with Crippen LogP contribution in [0.2, 0.25) is 0 Å². The standard InChI is InChI=1S/C26H25FN10O3/c1-37(2,15-22-26(36(39)40)32-17-35(22)11-4-10-28)12-3-5-24(38)34-23-13-20-21(14-29-23)30-16-31-25(20)33-19-8-6-18(27)7-9-19/h3,5-9,13-14,16-17H,4,11-12,15H2,1-2H3,(H-,29,30,31,33,34,38)/p+1/b5-3+. The number of fused-ring (bicyclic) bond motifs is 1. The van der Waals surface area contributed by atoms with E-state index >= 15 is 0 Å². The molecule has 0 aliphatic heterocycles. The van der Waals surface area contributed by atoms with Crippen molar-refractivity contribution in [1.29, 1.82) is 5.26 Å². The van der Waals surface area contributed by atoms with Gasteiger partial charge in [-0.05, 0) is 46.3 Å². The summed E-state index contributed by atoms with van der Waals surface area (Å²) in [6.45, 7) is 0.957. The Hall–Kier alpha value is -5.29. The summed E-state index contributed by atoms with van der Waals surface area (Å²) < 4.78 is 15.2. The molecule has 1 amide bonds. The van der Waals surface area contributed by atoms with Gasteiger partial charge < -0.3 is 29.8 Å². The Bertz CT molecular complexity index is 1610. The predicted molar refractivity (Wildman–Crippen MR) is 145 cm³/mol. The zero-order chi connectivity index (χ0) is 28.7. The van der Waals surface area contributed by atoms with Gasteiger partial charge in [-0.25, -0.2) is 19.3 Å². The van der Waals surface area contributed by atoms with Gasteiger partial charge in [-0.1, -0.05) is 0 Å². The van der Waals surface area contributed by atoms with Crippen molar-refractivity contribution < 1.29 is 18.6 Å². The van der Waals surface area contributed by atoms with Crippen LogP contribution in [0.15, 0.2) is 61.3 Å². The van der Waals surface area contributed by atoms with Crippen molar-refractivity contribution in [2.45, 2.75) is 19.5 Å². The first-order chi connectivity index (χ1) is 19.1. The average molecular weight is 546 g/mol. The first kappa shape index (κ1) is 27.7. The number of hydrogen-bond donors (Lipinski definition) is 2. The largest absolute Gasteiger partial charge is 0.390 e. The van der Waals surface area contributed by atoms with Crippen molar-refractivity contribution >= 4 is 40.0 Å². The van der Waals surface area contributed by atoms with E-state index in [2.05, 4.69) is 30.6 Å². The van der Waals surface area contributed by atoms with E-state index in [0.29, 0.717) is 45.7 Å². The van der Waals surface area contributed by atoms with Gasteiger partial charge in [0.05, 0.1) is 44.8 Å². The average Bonchev–Trinajstić information content (AvgIpc) is 3.30. The molecular formula is C26H26FN10O3+. The maximum Gasteiger partial charge on any atom is 0.390 e. The van der Waals surface area contributed by atoms with Crippen molar-refractivity contribution in [3.63, 3.8) is 0 Å². The minimum absolute atomic E-state index is 0.201. The molecule has 14 heteroatoms. The molecule has 0 saturated heterocycles. The second-order valence-electron chi connectivity index (χ2n) is 9.48. The smallest absolute Gasteiger partial charge is 0.358 e. The maximum atomic E-state index is 13.2. The van der Waals surface area contributed by atoms with Gasteiger partial charge in [0.25, 0.3) is 0 Å². The van der Waals surface area contributed by atoms with Crippen molar-refractivity contribution in [3.05, 3.63) is 83.0 Å². The summed E-state index contributed by atoms with van der Waals surface area (Å²) in [5.74, 6) is -0.268. The molecule has 0 bridgehead atoms. The van der Waals surface area contributed by atoms with E-state index in [4.69, 9.17) is 5.26 Å². The summed E-state index contributed by atoms with van der Waals surface area (Å²) in [5, 5.41) is 26.7. The van der Waals surface area contributed by atoms with E-state index in [9.17, 15) is 19.3 Å². The molecule has 4 aromatic rings. The normalized spacial score (nSPS) is 11.4. The summed E-state index contributed by atoms with van der Waals surface area (Å²) in [7, 11) is 3.74. The van der Waals surface area contributed by atoms with Gasteiger partial charge in [0.15, 0.2) is 5.69 Å². The minimum Gasteiger partial charge on any atom is -0.358 e. The van der Waals surface area contributed by atoms with Crippen LogP contribution in [0, 0.1) is 27.3 Å². The fourth-order valence-electron chi connectivity index (χ4n) is 3.95. The maximum absolute atomic E-state index is 13.2. The Morgan fingerprint density at radius 3 is 2.73 bits per heavy atom. The Labute approximate surface area is 228 Å². The molecule has 2 N–H and O–H groups in total. The lowest BCUT2D eigenvalue weighted by Crippen LogP contribution is -2.39. The third kappa shape index (κ3) is 6.97. The highest BCUT2D eigenvalue weighted by Gasteiger charge is 2.28. The molecule has 0 spiro atoms. The lowest BCUT2D eigenvalue weighted by atomic mass is 10.2. The highest BCUT2D eigenvalue weighted by Crippen LogP contribution is 2.25. The number of imidazole rings is 1. The number of carbonyl (C=O) groups is 1. The Morgan fingerprint density at radius 1 is 1.23 bits per heavy atom. The number of nitriles is 1. The number of nitro groups is 1. The summed E-state index contributed by atoms with van der Waals surface area (Å²) in [6, 6.07) is 9.48. The number of halogens is 1. The van der Waals surface area contributed by atoms with Crippen LogP contribution in [0.1, 0.15) is 12.1 Å². The van der Waals surface area contributed by atoms with Crippen LogP contribution < -0.4 is 10.6 Å². The van der Waals surface area contributed by atoms with Crippen LogP contribution in [-0.4, -0.2) is 60.5 Å². The third-order valence-electron chi connectivity index (χ3n) is 5.89. The first-order valence-electron chi connectivity index (χ1n) is 12.1. The van der Waals surface area contributed by atoms with Crippen LogP contribution in [0.3, 0.4) is 0 Å². The molecule has 204 valence electrons. The number of anilines is 3.